The zero-order valence-electron chi connectivity index (χ0n) is 15.9. The van der Waals surface area contributed by atoms with Gasteiger partial charge in [0.25, 0.3) is 5.91 Å². The summed E-state index contributed by atoms with van der Waals surface area (Å²) in [5.74, 6) is -2.71. The van der Waals surface area contributed by atoms with Crippen molar-refractivity contribution in [2.45, 2.75) is 45.4 Å². The molecule has 8 heteroatoms. The van der Waals surface area contributed by atoms with E-state index in [1.165, 1.54) is 11.8 Å². The van der Waals surface area contributed by atoms with Crippen LogP contribution < -0.4 is 40.0 Å². The standard InChI is InChI=1S/C19H22N2O5.Na/c1-9(2)20-17(23)12-6-4-5-11(7-12)13-8-14-15(10(3)22)18(24)21(14)16(13)19(25)26;/h4-7,9-10,14-15,22H,8H2,1-3H3,(H,20,23)(H,25,26);/q;+1/p-1. The molecule has 2 aliphatic rings. The number of aliphatic hydroxyl groups excluding tert-OH is 1. The fourth-order valence-electron chi connectivity index (χ4n) is 3.71. The topological polar surface area (TPSA) is 110 Å². The Morgan fingerprint density at radius 3 is 2.52 bits per heavy atom. The van der Waals surface area contributed by atoms with Gasteiger partial charge in [0.15, 0.2) is 0 Å². The van der Waals surface area contributed by atoms with E-state index in [1.54, 1.807) is 24.3 Å². The van der Waals surface area contributed by atoms with E-state index < -0.39 is 29.9 Å². The molecule has 0 spiro atoms. The van der Waals surface area contributed by atoms with Gasteiger partial charge >= 0.3 is 29.6 Å². The van der Waals surface area contributed by atoms with E-state index in [0.717, 1.165) is 0 Å². The molecule has 0 aliphatic carbocycles. The van der Waals surface area contributed by atoms with Crippen LogP contribution in [0.3, 0.4) is 0 Å². The number of carboxylic acid groups (broad SMARTS) is 1. The van der Waals surface area contributed by atoms with Crippen molar-refractivity contribution < 1.29 is 54.2 Å². The van der Waals surface area contributed by atoms with Crippen molar-refractivity contribution in [1.29, 1.82) is 0 Å². The number of aliphatic carboxylic acids is 1. The van der Waals surface area contributed by atoms with Crippen molar-refractivity contribution >= 4 is 23.4 Å². The Morgan fingerprint density at radius 1 is 1.30 bits per heavy atom. The van der Waals surface area contributed by atoms with E-state index >= 15 is 0 Å². The second-order valence-corrected chi connectivity index (χ2v) is 7.07. The SMILES string of the molecule is CC(C)NC(=O)c1cccc(C2=C(C(=O)[O-])N3C(=O)C(C(C)O)C3C2)c1.[Na+]. The van der Waals surface area contributed by atoms with Crippen LogP contribution in [0.5, 0.6) is 0 Å². The van der Waals surface area contributed by atoms with Crippen LogP contribution in [0.15, 0.2) is 30.0 Å². The van der Waals surface area contributed by atoms with Gasteiger partial charge in [0.2, 0.25) is 5.91 Å². The number of carboxylic acids is 1. The van der Waals surface area contributed by atoms with Crippen molar-refractivity contribution in [3.8, 4) is 0 Å². The molecule has 2 aliphatic heterocycles. The molecular weight excluding hydrogens is 359 g/mol. The van der Waals surface area contributed by atoms with Crippen LogP contribution in [0.4, 0.5) is 0 Å². The molecule has 138 valence electrons. The summed E-state index contributed by atoms with van der Waals surface area (Å²) in [6.07, 6.45) is -0.547. The summed E-state index contributed by atoms with van der Waals surface area (Å²) in [6.45, 7) is 5.22. The number of nitrogens with zero attached hydrogens (tertiary/aromatic N) is 1. The molecule has 2 amide bonds. The average molecular weight is 380 g/mol. The number of benzene rings is 1. The van der Waals surface area contributed by atoms with E-state index in [9.17, 15) is 24.6 Å². The smallest absolute Gasteiger partial charge is 0.543 e. The summed E-state index contributed by atoms with van der Waals surface area (Å²) >= 11 is 0. The van der Waals surface area contributed by atoms with Gasteiger partial charge in [-0.05, 0) is 50.5 Å². The van der Waals surface area contributed by atoms with Crippen molar-refractivity contribution in [3.63, 3.8) is 0 Å². The maximum Gasteiger partial charge on any atom is 1.00 e. The number of aliphatic hydroxyl groups is 1. The molecule has 3 atom stereocenters. The second-order valence-electron chi connectivity index (χ2n) is 7.07. The number of hydrogen-bond donors (Lipinski definition) is 2. The molecule has 0 radical (unpaired) electrons. The van der Waals surface area contributed by atoms with E-state index in [-0.39, 0.29) is 47.2 Å². The zero-order valence-corrected chi connectivity index (χ0v) is 17.9. The van der Waals surface area contributed by atoms with Crippen LogP contribution in [0.2, 0.25) is 0 Å². The summed E-state index contributed by atoms with van der Waals surface area (Å²) < 4.78 is 0. The number of hydrogen-bond acceptors (Lipinski definition) is 5. The monoisotopic (exact) mass is 380 g/mol. The maximum atomic E-state index is 12.2. The Balaban J connectivity index is 0.00000261. The first-order chi connectivity index (χ1) is 12.2. The number of β-lactam (4-membered cyclic amide) rings is 1. The van der Waals surface area contributed by atoms with Gasteiger partial charge in [-0.2, -0.15) is 0 Å². The van der Waals surface area contributed by atoms with E-state index in [1.807, 2.05) is 13.8 Å². The van der Waals surface area contributed by atoms with E-state index in [2.05, 4.69) is 5.32 Å². The Hall–Kier alpha value is -1.67. The van der Waals surface area contributed by atoms with Crippen molar-refractivity contribution in [3.05, 3.63) is 41.1 Å². The average Bonchev–Trinajstić information content (AvgIpc) is 2.89. The molecule has 1 aromatic carbocycles. The molecule has 1 fully saturated rings. The molecular formula is C19H21N2NaO5. The number of carbonyl (C=O) groups excluding carboxylic acids is 3. The predicted octanol–water partition coefficient (Wildman–Crippen LogP) is -3.10. The fourth-order valence-corrected chi connectivity index (χ4v) is 3.71. The number of carbonyl (C=O) groups is 3. The third-order valence-electron chi connectivity index (χ3n) is 4.81. The van der Waals surface area contributed by atoms with E-state index in [4.69, 9.17) is 0 Å². The van der Waals surface area contributed by atoms with Gasteiger partial charge in [0.1, 0.15) is 0 Å². The largest absolute Gasteiger partial charge is 1.00 e. The molecule has 0 aromatic heterocycles. The van der Waals surface area contributed by atoms with E-state index in [0.29, 0.717) is 23.1 Å². The van der Waals surface area contributed by atoms with Crippen molar-refractivity contribution in [1.82, 2.24) is 10.2 Å². The van der Waals surface area contributed by atoms with Crippen LogP contribution in [0, 0.1) is 5.92 Å². The quantitative estimate of drug-likeness (QED) is 0.416. The van der Waals surface area contributed by atoms with Gasteiger partial charge < -0.3 is 25.2 Å². The Labute approximate surface area is 179 Å². The molecule has 27 heavy (non-hydrogen) atoms. The summed E-state index contributed by atoms with van der Waals surface area (Å²) in [7, 11) is 0. The molecule has 0 bridgehead atoms. The molecule has 2 N–H and O–H groups in total. The predicted molar refractivity (Wildman–Crippen MR) is 91.4 cm³/mol. The summed E-state index contributed by atoms with van der Waals surface area (Å²) in [5, 5.41) is 24.2. The minimum Gasteiger partial charge on any atom is -0.543 e. The molecule has 3 rings (SSSR count). The van der Waals surface area contributed by atoms with Gasteiger partial charge in [-0.25, -0.2) is 0 Å². The number of fused-ring (bicyclic) bond motifs is 1. The van der Waals surface area contributed by atoms with Gasteiger partial charge in [-0.15, -0.1) is 0 Å². The zero-order chi connectivity index (χ0) is 19.2. The minimum atomic E-state index is -1.43. The first-order valence-electron chi connectivity index (χ1n) is 8.59. The van der Waals surface area contributed by atoms with Gasteiger partial charge in [-0.1, -0.05) is 12.1 Å². The van der Waals surface area contributed by atoms with Gasteiger partial charge in [0.05, 0.1) is 29.7 Å². The minimum absolute atomic E-state index is 0. The number of nitrogens with one attached hydrogen (secondary N) is 1. The second kappa shape index (κ2) is 8.14. The van der Waals surface area contributed by atoms with Crippen LogP contribution in [0.25, 0.3) is 5.57 Å². The van der Waals surface area contributed by atoms with Gasteiger partial charge in [-0.3, -0.25) is 9.59 Å². The third-order valence-corrected chi connectivity index (χ3v) is 4.81. The molecule has 1 aromatic rings. The Bertz CT molecular complexity index is 818. The third kappa shape index (κ3) is 3.82. The van der Waals surface area contributed by atoms with Gasteiger partial charge in [0, 0.05) is 11.6 Å². The number of amides is 2. The number of rotatable bonds is 5. The summed E-state index contributed by atoms with van der Waals surface area (Å²) in [4.78, 5) is 37.3. The molecule has 3 unspecified atom stereocenters. The molecule has 0 saturated carbocycles. The normalized spacial score (nSPS) is 22.1. The van der Waals surface area contributed by atoms with Crippen LogP contribution >= 0.6 is 0 Å². The molecule has 7 nitrogen and oxygen atoms in total. The molecule has 2 heterocycles. The van der Waals surface area contributed by atoms with Crippen molar-refractivity contribution in [2.75, 3.05) is 0 Å². The first-order valence-corrected chi connectivity index (χ1v) is 8.59. The Kier molecular flexibility index (Phi) is 6.52. The van der Waals surface area contributed by atoms with Crippen LogP contribution in [-0.4, -0.2) is 46.0 Å². The maximum absolute atomic E-state index is 12.2. The fraction of sp³-hybridized carbons (Fsp3) is 0.421. The first kappa shape index (κ1) is 21.6. The summed E-state index contributed by atoms with van der Waals surface area (Å²) in [5.41, 5.74) is 1.25. The molecule has 1 saturated heterocycles. The van der Waals surface area contributed by atoms with Crippen LogP contribution in [0.1, 0.15) is 43.1 Å². The Morgan fingerprint density at radius 2 is 1.96 bits per heavy atom. The van der Waals surface area contributed by atoms with Crippen molar-refractivity contribution in [2.24, 2.45) is 5.92 Å². The summed E-state index contributed by atoms with van der Waals surface area (Å²) in [6, 6.07) is 6.23. The van der Waals surface area contributed by atoms with Crippen LogP contribution in [-0.2, 0) is 9.59 Å².